The van der Waals surface area contributed by atoms with Gasteiger partial charge in [0.25, 0.3) is 0 Å². The third kappa shape index (κ3) is 2.85. The van der Waals surface area contributed by atoms with Gasteiger partial charge in [0.2, 0.25) is 0 Å². The van der Waals surface area contributed by atoms with Gasteiger partial charge in [-0.15, -0.1) is 0 Å². The standard InChI is InChI=1S/C13H18N2O4/c1-13(2)15(12(17)18)10(8-19-13)6-11(16)9-4-3-5-14-7-9/h3-5,7,10-11,16H,6,8H2,1-2H3,(H,17,18)/t10-,11-/m0/s1. The van der Waals surface area contributed by atoms with Crippen LogP contribution in [0.3, 0.4) is 0 Å². The maximum Gasteiger partial charge on any atom is 0.409 e. The number of pyridine rings is 1. The van der Waals surface area contributed by atoms with Gasteiger partial charge in [0.05, 0.1) is 18.8 Å². The highest BCUT2D eigenvalue weighted by Gasteiger charge is 2.44. The number of rotatable bonds is 3. The lowest BCUT2D eigenvalue weighted by atomic mass is 10.0. The van der Waals surface area contributed by atoms with E-state index in [1.807, 2.05) is 0 Å². The molecule has 0 aliphatic carbocycles. The van der Waals surface area contributed by atoms with Crippen molar-refractivity contribution in [2.75, 3.05) is 6.61 Å². The van der Waals surface area contributed by atoms with Gasteiger partial charge < -0.3 is 14.9 Å². The summed E-state index contributed by atoms with van der Waals surface area (Å²) in [6.45, 7) is 3.70. The predicted octanol–water partition coefficient (Wildman–Crippen LogP) is 1.62. The first kappa shape index (κ1) is 13.8. The normalized spacial score (nSPS) is 23.3. The Hall–Kier alpha value is -1.66. The fourth-order valence-electron chi connectivity index (χ4n) is 2.41. The van der Waals surface area contributed by atoms with E-state index in [-0.39, 0.29) is 12.6 Å². The molecule has 0 saturated carbocycles. The van der Waals surface area contributed by atoms with Crippen LogP contribution in [-0.4, -0.2) is 44.6 Å². The molecule has 1 aliphatic rings. The number of hydrogen-bond acceptors (Lipinski definition) is 4. The zero-order valence-corrected chi connectivity index (χ0v) is 11.0. The lowest BCUT2D eigenvalue weighted by Crippen LogP contribution is -2.47. The van der Waals surface area contributed by atoms with E-state index < -0.39 is 17.9 Å². The predicted molar refractivity (Wildman–Crippen MR) is 67.5 cm³/mol. The Morgan fingerprint density at radius 2 is 2.42 bits per heavy atom. The molecule has 0 aromatic carbocycles. The minimum atomic E-state index is -1.04. The molecule has 6 heteroatoms. The largest absolute Gasteiger partial charge is 0.465 e. The van der Waals surface area contributed by atoms with Crippen molar-refractivity contribution in [3.8, 4) is 0 Å². The number of aromatic nitrogens is 1. The molecule has 1 aromatic rings. The Labute approximate surface area is 111 Å². The van der Waals surface area contributed by atoms with E-state index in [9.17, 15) is 15.0 Å². The Bertz CT molecular complexity index is 449. The third-order valence-corrected chi connectivity index (χ3v) is 3.34. The molecule has 0 unspecified atom stereocenters. The number of ether oxygens (including phenoxy) is 1. The summed E-state index contributed by atoms with van der Waals surface area (Å²) in [6.07, 6.45) is 1.71. The number of carboxylic acid groups (broad SMARTS) is 1. The minimum Gasteiger partial charge on any atom is -0.465 e. The van der Waals surface area contributed by atoms with Gasteiger partial charge in [0.1, 0.15) is 5.72 Å². The average molecular weight is 266 g/mol. The van der Waals surface area contributed by atoms with Crippen molar-refractivity contribution in [3.05, 3.63) is 30.1 Å². The summed E-state index contributed by atoms with van der Waals surface area (Å²) in [4.78, 5) is 16.5. The second kappa shape index (κ2) is 5.14. The molecule has 1 saturated heterocycles. The number of hydrogen-bond donors (Lipinski definition) is 2. The molecule has 0 spiro atoms. The van der Waals surface area contributed by atoms with Crippen LogP contribution in [0.5, 0.6) is 0 Å². The maximum absolute atomic E-state index is 11.3. The SMILES string of the molecule is CC1(C)OC[C@H](C[C@H](O)c2cccnc2)N1C(=O)O. The summed E-state index contributed by atoms with van der Waals surface area (Å²) in [5, 5.41) is 19.4. The number of aliphatic hydroxyl groups excluding tert-OH is 1. The molecule has 104 valence electrons. The molecular formula is C13H18N2O4. The first-order valence-corrected chi connectivity index (χ1v) is 6.16. The topological polar surface area (TPSA) is 82.9 Å². The highest BCUT2D eigenvalue weighted by molar-refractivity contribution is 5.66. The Morgan fingerprint density at radius 3 is 3.00 bits per heavy atom. The van der Waals surface area contributed by atoms with Crippen LogP contribution in [0.25, 0.3) is 0 Å². The Kier molecular flexibility index (Phi) is 3.73. The summed E-state index contributed by atoms with van der Waals surface area (Å²) >= 11 is 0. The quantitative estimate of drug-likeness (QED) is 0.868. The van der Waals surface area contributed by atoms with Crippen LogP contribution >= 0.6 is 0 Å². The Morgan fingerprint density at radius 1 is 1.68 bits per heavy atom. The molecular weight excluding hydrogens is 248 g/mol. The smallest absolute Gasteiger partial charge is 0.409 e. The molecule has 6 nitrogen and oxygen atoms in total. The molecule has 2 heterocycles. The van der Waals surface area contributed by atoms with Crippen molar-refractivity contribution in [3.63, 3.8) is 0 Å². The second-order valence-electron chi connectivity index (χ2n) is 5.10. The summed E-state index contributed by atoms with van der Waals surface area (Å²) in [6, 6.07) is 3.15. The molecule has 2 atom stereocenters. The summed E-state index contributed by atoms with van der Waals surface area (Å²) in [7, 11) is 0. The van der Waals surface area contributed by atoms with Gasteiger partial charge in [-0.3, -0.25) is 9.88 Å². The van der Waals surface area contributed by atoms with Crippen LogP contribution in [0.4, 0.5) is 4.79 Å². The van der Waals surface area contributed by atoms with E-state index >= 15 is 0 Å². The Balaban J connectivity index is 2.09. The van der Waals surface area contributed by atoms with Crippen molar-refractivity contribution in [1.29, 1.82) is 0 Å². The van der Waals surface area contributed by atoms with E-state index in [1.165, 1.54) is 4.90 Å². The first-order valence-electron chi connectivity index (χ1n) is 6.16. The second-order valence-corrected chi connectivity index (χ2v) is 5.10. The maximum atomic E-state index is 11.3. The van der Waals surface area contributed by atoms with Crippen molar-refractivity contribution < 1.29 is 19.7 Å². The lowest BCUT2D eigenvalue weighted by molar-refractivity contribution is -0.0430. The summed E-state index contributed by atoms with van der Waals surface area (Å²) in [5.74, 6) is 0. The van der Waals surface area contributed by atoms with Crippen LogP contribution in [0.1, 0.15) is 31.9 Å². The van der Waals surface area contributed by atoms with Gasteiger partial charge in [0.15, 0.2) is 0 Å². The number of nitrogens with zero attached hydrogens (tertiary/aromatic N) is 2. The average Bonchev–Trinajstić information content (AvgIpc) is 2.65. The van der Waals surface area contributed by atoms with Crippen LogP contribution in [0.2, 0.25) is 0 Å². The monoisotopic (exact) mass is 266 g/mol. The van der Waals surface area contributed by atoms with Gasteiger partial charge in [-0.1, -0.05) is 6.07 Å². The van der Waals surface area contributed by atoms with E-state index in [2.05, 4.69) is 4.98 Å². The first-order chi connectivity index (χ1) is 8.92. The van der Waals surface area contributed by atoms with Gasteiger partial charge in [-0.2, -0.15) is 0 Å². The number of aliphatic hydroxyl groups is 1. The van der Waals surface area contributed by atoms with Crippen LogP contribution in [-0.2, 0) is 4.74 Å². The van der Waals surface area contributed by atoms with E-state index in [1.54, 1.807) is 38.4 Å². The molecule has 2 N–H and O–H groups in total. The van der Waals surface area contributed by atoms with Gasteiger partial charge in [-0.05, 0) is 25.5 Å². The highest BCUT2D eigenvalue weighted by Crippen LogP contribution is 2.32. The summed E-state index contributed by atoms with van der Waals surface area (Å²) in [5.41, 5.74) is -0.178. The molecule has 1 amide bonds. The fourth-order valence-corrected chi connectivity index (χ4v) is 2.41. The molecule has 0 bridgehead atoms. The number of carbonyl (C=O) groups is 1. The highest BCUT2D eigenvalue weighted by atomic mass is 16.5. The molecule has 19 heavy (non-hydrogen) atoms. The van der Waals surface area contributed by atoms with Crippen LogP contribution in [0, 0.1) is 0 Å². The van der Waals surface area contributed by atoms with E-state index in [0.29, 0.717) is 12.0 Å². The van der Waals surface area contributed by atoms with Crippen molar-refractivity contribution in [2.24, 2.45) is 0 Å². The minimum absolute atomic E-state index is 0.288. The van der Waals surface area contributed by atoms with Crippen LogP contribution in [0.15, 0.2) is 24.5 Å². The zero-order chi connectivity index (χ0) is 14.0. The van der Waals surface area contributed by atoms with Gasteiger partial charge >= 0.3 is 6.09 Å². The van der Waals surface area contributed by atoms with Gasteiger partial charge in [-0.25, -0.2) is 4.79 Å². The van der Waals surface area contributed by atoms with Gasteiger partial charge in [0, 0.05) is 18.8 Å². The molecule has 1 aliphatic heterocycles. The fraction of sp³-hybridized carbons (Fsp3) is 0.538. The third-order valence-electron chi connectivity index (χ3n) is 3.34. The summed E-state index contributed by atoms with van der Waals surface area (Å²) < 4.78 is 5.48. The zero-order valence-electron chi connectivity index (χ0n) is 11.0. The molecule has 1 fully saturated rings. The van der Waals surface area contributed by atoms with Crippen molar-refractivity contribution in [1.82, 2.24) is 9.88 Å². The molecule has 1 aromatic heterocycles. The van der Waals surface area contributed by atoms with Crippen molar-refractivity contribution >= 4 is 6.09 Å². The van der Waals surface area contributed by atoms with Crippen molar-refractivity contribution in [2.45, 2.75) is 38.1 Å². The number of amides is 1. The molecule has 0 radical (unpaired) electrons. The van der Waals surface area contributed by atoms with Crippen LogP contribution < -0.4 is 0 Å². The lowest BCUT2D eigenvalue weighted by Gasteiger charge is -2.31. The van der Waals surface area contributed by atoms with E-state index in [4.69, 9.17) is 4.74 Å². The van der Waals surface area contributed by atoms with E-state index in [0.717, 1.165) is 0 Å². The molecule has 2 rings (SSSR count).